The summed E-state index contributed by atoms with van der Waals surface area (Å²) in [6.07, 6.45) is 2.86. The van der Waals surface area contributed by atoms with Crippen molar-refractivity contribution in [3.63, 3.8) is 0 Å². The van der Waals surface area contributed by atoms with Crippen molar-refractivity contribution >= 4 is 5.91 Å². The predicted octanol–water partition coefficient (Wildman–Crippen LogP) is 5.25. The molecule has 0 unspecified atom stereocenters. The zero-order valence-electron chi connectivity index (χ0n) is 19.3. The third-order valence-corrected chi connectivity index (χ3v) is 6.69. The Balaban J connectivity index is 1.93. The van der Waals surface area contributed by atoms with Crippen LogP contribution < -0.4 is 0 Å². The van der Waals surface area contributed by atoms with Gasteiger partial charge in [0.05, 0.1) is 5.56 Å². The van der Waals surface area contributed by atoms with Gasteiger partial charge in [-0.25, -0.2) is 0 Å². The van der Waals surface area contributed by atoms with Gasteiger partial charge >= 0.3 is 6.18 Å². The number of aliphatic hydroxyl groups excluding tert-OH is 1. The lowest BCUT2D eigenvalue weighted by Gasteiger charge is -2.39. The summed E-state index contributed by atoms with van der Waals surface area (Å²) in [7, 11) is 1.78. The topological polar surface area (TPSA) is 59.0 Å². The van der Waals surface area contributed by atoms with Gasteiger partial charge < -0.3 is 19.5 Å². The molecule has 1 aromatic rings. The summed E-state index contributed by atoms with van der Waals surface area (Å²) in [6.45, 7) is 2.17. The summed E-state index contributed by atoms with van der Waals surface area (Å²) in [6, 6.07) is 5.19. The van der Waals surface area contributed by atoms with Crippen molar-refractivity contribution in [3.8, 4) is 0 Å². The first-order chi connectivity index (χ1) is 15.8. The minimum Gasteiger partial charge on any atom is -0.459 e. The van der Waals surface area contributed by atoms with Crippen LogP contribution in [0, 0.1) is 5.92 Å². The van der Waals surface area contributed by atoms with Crippen LogP contribution in [-0.2, 0) is 20.4 Å². The molecule has 0 aromatic heterocycles. The Morgan fingerprint density at radius 1 is 1.18 bits per heavy atom. The Morgan fingerprint density at radius 3 is 2.42 bits per heavy atom. The summed E-state index contributed by atoms with van der Waals surface area (Å²) in [5, 5.41) is 9.37. The number of amides is 1. The SMILES string of the molecule is CCO[C@@H]1OC(C(=O)N(C)C2CCCCC2)=C[C@H](c2ccc(C(F)(F)F)cc2)[C@@H]1CCCO. The largest absolute Gasteiger partial charge is 0.459 e. The highest BCUT2D eigenvalue weighted by Crippen LogP contribution is 2.41. The lowest BCUT2D eigenvalue weighted by atomic mass is 9.80. The number of aliphatic hydroxyl groups is 1. The maximum absolute atomic E-state index is 13.3. The van der Waals surface area contributed by atoms with Crippen molar-refractivity contribution in [3.05, 3.63) is 47.2 Å². The third-order valence-electron chi connectivity index (χ3n) is 6.69. The molecule has 0 radical (unpaired) electrons. The van der Waals surface area contributed by atoms with E-state index in [2.05, 4.69) is 0 Å². The first-order valence-corrected chi connectivity index (χ1v) is 11.8. The van der Waals surface area contributed by atoms with Crippen LogP contribution in [0.1, 0.15) is 68.9 Å². The number of carbonyl (C=O) groups excluding carboxylic acids is 1. The lowest BCUT2D eigenvalue weighted by Crippen LogP contribution is -2.43. The molecule has 0 bridgehead atoms. The number of benzene rings is 1. The van der Waals surface area contributed by atoms with Crippen LogP contribution in [0.15, 0.2) is 36.1 Å². The molecule has 1 fully saturated rings. The number of halogens is 3. The highest BCUT2D eigenvalue weighted by Gasteiger charge is 2.39. The van der Waals surface area contributed by atoms with Crippen LogP contribution in [-0.4, -0.2) is 48.5 Å². The summed E-state index contributed by atoms with van der Waals surface area (Å²) in [5.41, 5.74) is -0.0616. The fraction of sp³-hybridized carbons (Fsp3) is 0.640. The monoisotopic (exact) mass is 469 g/mol. The summed E-state index contributed by atoms with van der Waals surface area (Å²) < 4.78 is 51.1. The van der Waals surface area contributed by atoms with Crippen LogP contribution in [0.5, 0.6) is 0 Å². The van der Waals surface area contributed by atoms with Crippen LogP contribution >= 0.6 is 0 Å². The van der Waals surface area contributed by atoms with E-state index < -0.39 is 18.0 Å². The van der Waals surface area contributed by atoms with Crippen LogP contribution in [0.3, 0.4) is 0 Å². The van der Waals surface area contributed by atoms with E-state index in [1.54, 1.807) is 18.0 Å². The first kappa shape index (κ1) is 25.6. The van der Waals surface area contributed by atoms with Gasteiger partial charge in [-0.3, -0.25) is 4.79 Å². The summed E-state index contributed by atoms with van der Waals surface area (Å²) >= 11 is 0. The number of nitrogens with zero attached hydrogens (tertiary/aromatic N) is 1. The van der Waals surface area contributed by atoms with Crippen molar-refractivity contribution in [1.82, 2.24) is 4.90 Å². The van der Waals surface area contributed by atoms with Gasteiger partial charge in [-0.05, 0) is 56.4 Å². The second-order valence-electron chi connectivity index (χ2n) is 8.86. The van der Waals surface area contributed by atoms with Gasteiger partial charge in [0.25, 0.3) is 5.91 Å². The molecule has 1 aliphatic carbocycles. The van der Waals surface area contributed by atoms with Gasteiger partial charge in [0, 0.05) is 38.1 Å². The quantitative estimate of drug-likeness (QED) is 0.565. The predicted molar refractivity (Wildman–Crippen MR) is 118 cm³/mol. The molecule has 1 N–H and O–H groups in total. The maximum atomic E-state index is 13.3. The molecule has 33 heavy (non-hydrogen) atoms. The average Bonchev–Trinajstić information content (AvgIpc) is 2.82. The van der Waals surface area contributed by atoms with E-state index in [9.17, 15) is 23.1 Å². The minimum absolute atomic E-state index is 0.0189. The molecule has 0 spiro atoms. The molecule has 5 nitrogen and oxygen atoms in total. The van der Waals surface area contributed by atoms with Crippen molar-refractivity contribution in [2.24, 2.45) is 5.92 Å². The number of hydrogen-bond acceptors (Lipinski definition) is 4. The molecule has 1 saturated carbocycles. The van der Waals surface area contributed by atoms with Crippen molar-refractivity contribution < 1.29 is 32.5 Å². The van der Waals surface area contributed by atoms with Crippen LogP contribution in [0.2, 0.25) is 0 Å². The zero-order chi connectivity index (χ0) is 24.0. The zero-order valence-corrected chi connectivity index (χ0v) is 19.3. The van der Waals surface area contributed by atoms with Gasteiger partial charge in [0.2, 0.25) is 6.29 Å². The van der Waals surface area contributed by atoms with Crippen molar-refractivity contribution in [2.45, 2.75) is 76.3 Å². The van der Waals surface area contributed by atoms with Crippen molar-refractivity contribution in [1.29, 1.82) is 0 Å². The van der Waals surface area contributed by atoms with E-state index in [0.717, 1.165) is 37.8 Å². The highest BCUT2D eigenvalue weighted by molar-refractivity contribution is 5.91. The molecule has 8 heteroatoms. The molecular formula is C25H34F3NO4. The van der Waals surface area contributed by atoms with E-state index in [1.807, 2.05) is 6.92 Å². The van der Waals surface area contributed by atoms with Gasteiger partial charge in [0.1, 0.15) is 0 Å². The third kappa shape index (κ3) is 6.29. The molecule has 1 amide bonds. The summed E-state index contributed by atoms with van der Waals surface area (Å²) in [4.78, 5) is 15.0. The average molecular weight is 470 g/mol. The standard InChI is InChI=1S/C25H34F3NO4/c1-3-32-24-20(10-7-15-30)21(17-11-13-18(14-12-17)25(26,27)28)16-22(33-24)23(31)29(2)19-8-5-4-6-9-19/h11-14,16,19-21,24,30H,3-10,15H2,1-2H3/t20-,21+,24+/m0/s1. The fourth-order valence-corrected chi connectivity index (χ4v) is 4.84. The Morgan fingerprint density at radius 2 is 1.85 bits per heavy atom. The van der Waals surface area contributed by atoms with Gasteiger partial charge in [-0.1, -0.05) is 31.4 Å². The second-order valence-corrected chi connectivity index (χ2v) is 8.86. The first-order valence-electron chi connectivity index (χ1n) is 11.8. The lowest BCUT2D eigenvalue weighted by molar-refractivity contribution is -0.170. The molecule has 1 aromatic carbocycles. The number of carbonyl (C=O) groups is 1. The van der Waals surface area contributed by atoms with E-state index in [0.29, 0.717) is 25.0 Å². The van der Waals surface area contributed by atoms with Gasteiger partial charge in [-0.2, -0.15) is 13.2 Å². The Hall–Kier alpha value is -2.06. The number of rotatable bonds is 8. The van der Waals surface area contributed by atoms with E-state index in [4.69, 9.17) is 9.47 Å². The van der Waals surface area contributed by atoms with Gasteiger partial charge in [-0.15, -0.1) is 0 Å². The Bertz CT molecular complexity index is 803. The summed E-state index contributed by atoms with van der Waals surface area (Å²) in [5.74, 6) is -0.677. The number of allylic oxidation sites excluding steroid dienone is 1. The van der Waals surface area contributed by atoms with E-state index >= 15 is 0 Å². The molecule has 184 valence electrons. The molecule has 0 saturated heterocycles. The maximum Gasteiger partial charge on any atom is 0.416 e. The normalized spacial score (nSPS) is 24.2. The smallest absolute Gasteiger partial charge is 0.416 e. The Labute approximate surface area is 193 Å². The number of ether oxygens (including phenoxy) is 2. The number of likely N-dealkylation sites (N-methyl/N-ethyl adjacent to an activating group) is 1. The number of alkyl halides is 3. The minimum atomic E-state index is -4.42. The number of hydrogen-bond donors (Lipinski definition) is 1. The second kappa shape index (κ2) is 11.4. The van der Waals surface area contributed by atoms with E-state index in [1.165, 1.54) is 18.6 Å². The fourth-order valence-electron chi connectivity index (χ4n) is 4.84. The van der Waals surface area contributed by atoms with Crippen LogP contribution in [0.25, 0.3) is 0 Å². The molecule has 3 rings (SSSR count). The Kier molecular flexibility index (Phi) is 8.82. The van der Waals surface area contributed by atoms with E-state index in [-0.39, 0.29) is 36.2 Å². The van der Waals surface area contributed by atoms with Crippen molar-refractivity contribution in [2.75, 3.05) is 20.3 Å². The van der Waals surface area contributed by atoms with Gasteiger partial charge in [0.15, 0.2) is 5.76 Å². The highest BCUT2D eigenvalue weighted by atomic mass is 19.4. The molecule has 3 atom stereocenters. The molecular weight excluding hydrogens is 435 g/mol. The molecule has 2 aliphatic rings. The van der Waals surface area contributed by atoms with Crippen LogP contribution in [0.4, 0.5) is 13.2 Å². The molecule has 1 aliphatic heterocycles. The molecule has 1 heterocycles.